The average molecular weight is 316 g/mol. The minimum Gasteiger partial charge on any atom is -0.497 e. The molecule has 0 heterocycles. The van der Waals surface area contributed by atoms with Gasteiger partial charge >= 0.3 is 5.97 Å². The molecular formula is C12H14BrNO4. The summed E-state index contributed by atoms with van der Waals surface area (Å²) in [5.41, 5.74) is 0.472. The molecule has 0 fully saturated rings. The van der Waals surface area contributed by atoms with Gasteiger partial charge in [-0.25, -0.2) is 4.79 Å². The van der Waals surface area contributed by atoms with Gasteiger partial charge in [0.15, 0.2) is 6.04 Å². The van der Waals surface area contributed by atoms with E-state index in [1.807, 2.05) is 0 Å². The third-order valence-electron chi connectivity index (χ3n) is 2.62. The fraction of sp³-hybridized carbons (Fsp3) is 0.333. The summed E-state index contributed by atoms with van der Waals surface area (Å²) < 4.78 is 5.68. The summed E-state index contributed by atoms with van der Waals surface area (Å²) in [7, 11) is 2.95. The maximum Gasteiger partial charge on any atom is 0.331 e. The van der Waals surface area contributed by atoms with Crippen LogP contribution in [0.4, 0.5) is 0 Å². The van der Waals surface area contributed by atoms with E-state index in [9.17, 15) is 14.7 Å². The van der Waals surface area contributed by atoms with Crippen molar-refractivity contribution in [1.82, 2.24) is 4.90 Å². The lowest BCUT2D eigenvalue weighted by Gasteiger charge is -2.25. The Balaban J connectivity index is 3.29. The van der Waals surface area contributed by atoms with Crippen molar-refractivity contribution in [2.24, 2.45) is 0 Å². The lowest BCUT2D eigenvalue weighted by Crippen LogP contribution is -2.34. The molecule has 6 heteroatoms. The topological polar surface area (TPSA) is 66.8 Å². The van der Waals surface area contributed by atoms with E-state index >= 15 is 0 Å². The Morgan fingerprint density at radius 1 is 1.44 bits per heavy atom. The number of nitrogens with zero attached hydrogens (tertiary/aromatic N) is 1. The molecule has 0 saturated carbocycles. The molecule has 5 nitrogen and oxygen atoms in total. The number of carboxylic acids is 1. The van der Waals surface area contributed by atoms with Gasteiger partial charge in [-0.15, -0.1) is 0 Å². The van der Waals surface area contributed by atoms with Crippen LogP contribution < -0.4 is 4.74 Å². The van der Waals surface area contributed by atoms with E-state index < -0.39 is 12.0 Å². The molecule has 0 spiro atoms. The van der Waals surface area contributed by atoms with Crippen LogP contribution in [-0.4, -0.2) is 36.0 Å². The minimum absolute atomic E-state index is 0.322. The first-order valence-electron chi connectivity index (χ1n) is 5.18. The Morgan fingerprint density at radius 3 is 2.50 bits per heavy atom. The number of carbonyl (C=O) groups excluding carboxylic acids is 1. The summed E-state index contributed by atoms with van der Waals surface area (Å²) in [6.07, 6.45) is 0. The Bertz CT molecular complexity index is 475. The number of carbonyl (C=O) groups is 2. The van der Waals surface area contributed by atoms with E-state index in [1.54, 1.807) is 18.2 Å². The summed E-state index contributed by atoms with van der Waals surface area (Å²) >= 11 is 3.29. The van der Waals surface area contributed by atoms with E-state index in [-0.39, 0.29) is 5.91 Å². The highest BCUT2D eigenvalue weighted by atomic mass is 79.9. The molecule has 1 rings (SSSR count). The first-order valence-corrected chi connectivity index (χ1v) is 5.97. The van der Waals surface area contributed by atoms with Crippen LogP contribution in [0.5, 0.6) is 5.75 Å². The molecule has 0 saturated heterocycles. The van der Waals surface area contributed by atoms with Gasteiger partial charge in [0.2, 0.25) is 5.91 Å². The molecule has 1 aromatic carbocycles. The first-order chi connectivity index (χ1) is 8.38. The molecule has 0 aliphatic rings. The van der Waals surface area contributed by atoms with E-state index in [1.165, 1.54) is 26.0 Å². The van der Waals surface area contributed by atoms with E-state index in [0.29, 0.717) is 15.8 Å². The highest BCUT2D eigenvalue weighted by Crippen LogP contribution is 2.31. The number of benzene rings is 1. The smallest absolute Gasteiger partial charge is 0.331 e. The zero-order valence-electron chi connectivity index (χ0n) is 10.3. The van der Waals surface area contributed by atoms with Crippen molar-refractivity contribution < 1.29 is 19.4 Å². The molecule has 1 unspecified atom stereocenters. The zero-order valence-corrected chi connectivity index (χ0v) is 11.9. The van der Waals surface area contributed by atoms with Crippen LogP contribution in [0.1, 0.15) is 18.5 Å². The summed E-state index contributed by atoms with van der Waals surface area (Å²) in [4.78, 5) is 23.9. The van der Waals surface area contributed by atoms with E-state index in [4.69, 9.17) is 4.74 Å². The molecule has 0 aliphatic carbocycles. The molecular weight excluding hydrogens is 302 g/mol. The normalized spacial score (nSPS) is 11.8. The van der Waals surface area contributed by atoms with Crippen LogP contribution in [0.15, 0.2) is 22.7 Å². The molecule has 18 heavy (non-hydrogen) atoms. The lowest BCUT2D eigenvalue weighted by molar-refractivity contribution is -0.148. The molecule has 0 aromatic heterocycles. The van der Waals surface area contributed by atoms with Gasteiger partial charge in [-0.2, -0.15) is 0 Å². The Morgan fingerprint density at radius 2 is 2.06 bits per heavy atom. The van der Waals surface area contributed by atoms with Gasteiger partial charge in [0.25, 0.3) is 0 Å². The van der Waals surface area contributed by atoms with Gasteiger partial charge in [0, 0.05) is 24.0 Å². The predicted octanol–water partition coefficient (Wildman–Crippen LogP) is 2.06. The van der Waals surface area contributed by atoms with Crippen LogP contribution in [0, 0.1) is 0 Å². The maximum atomic E-state index is 11.3. The second-order valence-electron chi connectivity index (χ2n) is 3.76. The zero-order chi connectivity index (χ0) is 13.9. The van der Waals surface area contributed by atoms with Crippen LogP contribution in [0.25, 0.3) is 0 Å². The standard InChI is InChI=1S/C12H14BrNO4/c1-7(15)14(2)11(12(16)17)9-6-8(18-3)4-5-10(9)13/h4-6,11H,1-3H3,(H,16,17). The number of hydrogen-bond donors (Lipinski definition) is 1. The van der Waals surface area contributed by atoms with Crippen molar-refractivity contribution >= 4 is 27.8 Å². The fourth-order valence-electron chi connectivity index (χ4n) is 1.55. The third-order valence-corrected chi connectivity index (χ3v) is 3.34. The molecule has 0 radical (unpaired) electrons. The first kappa shape index (κ1) is 14.5. The Hall–Kier alpha value is -1.56. The number of rotatable bonds is 4. The third kappa shape index (κ3) is 3.01. The molecule has 0 bridgehead atoms. The predicted molar refractivity (Wildman–Crippen MR) is 69.5 cm³/mol. The second-order valence-corrected chi connectivity index (χ2v) is 4.61. The fourth-order valence-corrected chi connectivity index (χ4v) is 2.01. The number of hydrogen-bond acceptors (Lipinski definition) is 3. The largest absolute Gasteiger partial charge is 0.497 e. The second kappa shape index (κ2) is 5.86. The number of amides is 1. The molecule has 1 aromatic rings. The summed E-state index contributed by atoms with van der Waals surface area (Å²) in [5, 5.41) is 9.28. The van der Waals surface area contributed by atoms with Crippen LogP contribution in [0.3, 0.4) is 0 Å². The summed E-state index contributed by atoms with van der Waals surface area (Å²) in [6, 6.07) is 3.95. The lowest BCUT2D eigenvalue weighted by atomic mass is 10.1. The Kier molecular flexibility index (Phi) is 4.72. The minimum atomic E-state index is -1.10. The van der Waals surface area contributed by atoms with Crippen molar-refractivity contribution in [1.29, 1.82) is 0 Å². The van der Waals surface area contributed by atoms with Crippen LogP contribution in [0.2, 0.25) is 0 Å². The van der Waals surface area contributed by atoms with Crippen molar-refractivity contribution in [2.45, 2.75) is 13.0 Å². The number of carboxylic acid groups (broad SMARTS) is 1. The van der Waals surface area contributed by atoms with Crippen molar-refractivity contribution in [3.05, 3.63) is 28.2 Å². The van der Waals surface area contributed by atoms with Crippen LogP contribution >= 0.6 is 15.9 Å². The highest BCUT2D eigenvalue weighted by molar-refractivity contribution is 9.10. The molecule has 1 amide bonds. The number of halogens is 1. The Labute approximate surface area is 113 Å². The quantitative estimate of drug-likeness (QED) is 0.923. The molecule has 98 valence electrons. The van der Waals surface area contributed by atoms with Gasteiger partial charge in [0.1, 0.15) is 5.75 Å². The monoisotopic (exact) mass is 315 g/mol. The number of ether oxygens (including phenoxy) is 1. The summed E-state index contributed by atoms with van der Waals surface area (Å²) in [6.45, 7) is 1.32. The van der Waals surface area contributed by atoms with Crippen molar-refractivity contribution in [2.75, 3.05) is 14.2 Å². The number of methoxy groups -OCH3 is 1. The molecule has 1 N–H and O–H groups in total. The van der Waals surface area contributed by atoms with Crippen molar-refractivity contribution in [3.63, 3.8) is 0 Å². The van der Waals surface area contributed by atoms with E-state index in [2.05, 4.69) is 15.9 Å². The number of likely N-dealkylation sites (N-methyl/N-ethyl adjacent to an activating group) is 1. The molecule has 1 atom stereocenters. The van der Waals surface area contributed by atoms with Gasteiger partial charge in [0.05, 0.1) is 7.11 Å². The van der Waals surface area contributed by atoms with Gasteiger partial charge in [-0.3, -0.25) is 4.79 Å². The van der Waals surface area contributed by atoms with Gasteiger partial charge in [-0.05, 0) is 18.2 Å². The maximum absolute atomic E-state index is 11.3. The van der Waals surface area contributed by atoms with Crippen molar-refractivity contribution in [3.8, 4) is 5.75 Å². The average Bonchev–Trinajstić information content (AvgIpc) is 2.31. The number of aliphatic carboxylic acids is 1. The molecule has 0 aliphatic heterocycles. The highest BCUT2D eigenvalue weighted by Gasteiger charge is 2.28. The summed E-state index contributed by atoms with van der Waals surface area (Å²) in [5.74, 6) is -0.879. The SMILES string of the molecule is COc1ccc(Br)c(C(C(=O)O)N(C)C(C)=O)c1. The van der Waals surface area contributed by atoms with Gasteiger partial charge < -0.3 is 14.7 Å². The van der Waals surface area contributed by atoms with Crippen LogP contribution in [-0.2, 0) is 9.59 Å². The van der Waals surface area contributed by atoms with E-state index in [0.717, 1.165) is 0 Å². The van der Waals surface area contributed by atoms with Gasteiger partial charge in [-0.1, -0.05) is 15.9 Å².